The van der Waals surface area contributed by atoms with Crippen LogP contribution in [0.2, 0.25) is 0 Å². The normalized spacial score (nSPS) is 12.6. The van der Waals surface area contributed by atoms with Gasteiger partial charge in [0.2, 0.25) is 0 Å². The molecule has 0 unspecified atom stereocenters. The summed E-state index contributed by atoms with van der Waals surface area (Å²) in [5, 5.41) is 0. The van der Waals surface area contributed by atoms with Gasteiger partial charge in [0.25, 0.3) is 5.82 Å². The molecule has 0 saturated carbocycles. The van der Waals surface area contributed by atoms with Crippen molar-refractivity contribution in [3.8, 4) is 0 Å². The van der Waals surface area contributed by atoms with Gasteiger partial charge in [0.05, 0.1) is 7.05 Å². The lowest BCUT2D eigenvalue weighted by Crippen LogP contribution is -2.32. The van der Waals surface area contributed by atoms with Crippen molar-refractivity contribution in [1.82, 2.24) is 12.9 Å². The Morgan fingerprint density at radius 3 is 1.92 bits per heavy atom. The van der Waals surface area contributed by atoms with E-state index in [2.05, 4.69) is 4.98 Å². The molecule has 24 heavy (non-hydrogen) atoms. The van der Waals surface area contributed by atoms with Crippen molar-refractivity contribution in [3.05, 3.63) is 36.4 Å². The number of halogens is 3. The van der Waals surface area contributed by atoms with Gasteiger partial charge in [0.1, 0.15) is 18.2 Å². The summed E-state index contributed by atoms with van der Waals surface area (Å²) in [5.41, 5.74) is -5.65. The standard InChI is InChI=1S/C9H13N4O2S.CHF3O3S/c1-8-10-4-5-12(8)16(14,15)13-7-6-11(3)9(13)2;2-1(3,4)8(5,6)7/h4-7H,1-3H3;(H,5,6,7)/q+1;/p-1. The maximum Gasteiger partial charge on any atom is 0.485 e. The molecule has 0 aliphatic carbocycles. The molecule has 0 aliphatic rings. The second kappa shape index (κ2) is 6.52. The Hall–Kier alpha value is -1.93. The van der Waals surface area contributed by atoms with Crippen LogP contribution < -0.4 is 4.57 Å². The maximum atomic E-state index is 12.2. The number of alkyl halides is 3. The van der Waals surface area contributed by atoms with E-state index < -0.39 is 25.8 Å². The number of aromatic nitrogens is 4. The zero-order valence-electron chi connectivity index (χ0n) is 12.6. The Morgan fingerprint density at radius 2 is 1.62 bits per heavy atom. The van der Waals surface area contributed by atoms with Crippen molar-refractivity contribution >= 4 is 20.3 Å². The topological polar surface area (TPSA) is 118 Å². The molecule has 9 nitrogen and oxygen atoms in total. The van der Waals surface area contributed by atoms with Crippen molar-refractivity contribution in [3.63, 3.8) is 0 Å². The second-order valence-corrected chi connectivity index (χ2v) is 7.48. The third-order valence-electron chi connectivity index (χ3n) is 2.82. The number of rotatable bonds is 2. The molecule has 0 radical (unpaired) electrons. The van der Waals surface area contributed by atoms with Crippen LogP contribution in [-0.4, -0.2) is 39.8 Å². The molecule has 0 fully saturated rings. The van der Waals surface area contributed by atoms with E-state index in [9.17, 15) is 21.6 Å². The van der Waals surface area contributed by atoms with Crippen molar-refractivity contribution in [1.29, 1.82) is 0 Å². The van der Waals surface area contributed by atoms with E-state index in [1.807, 2.05) is 0 Å². The summed E-state index contributed by atoms with van der Waals surface area (Å²) in [6.45, 7) is 3.39. The Morgan fingerprint density at radius 1 is 1.12 bits per heavy atom. The Bertz CT molecular complexity index is 928. The average molecular weight is 390 g/mol. The molecule has 0 aromatic carbocycles. The first-order valence-electron chi connectivity index (χ1n) is 6.01. The van der Waals surface area contributed by atoms with Crippen molar-refractivity contribution in [2.45, 2.75) is 19.4 Å². The fourth-order valence-electron chi connectivity index (χ4n) is 1.48. The van der Waals surface area contributed by atoms with Crippen LogP contribution >= 0.6 is 0 Å². The Kier molecular flexibility index (Phi) is 5.47. The smallest absolute Gasteiger partial charge is 0.485 e. The van der Waals surface area contributed by atoms with Gasteiger partial charge in [-0.1, -0.05) is 0 Å². The molecule has 2 aromatic rings. The summed E-state index contributed by atoms with van der Waals surface area (Å²) in [6.07, 6.45) is 6.11. The van der Waals surface area contributed by atoms with Crippen LogP contribution in [0.1, 0.15) is 11.6 Å². The average Bonchev–Trinajstić information content (AvgIpc) is 2.96. The van der Waals surface area contributed by atoms with Gasteiger partial charge in [-0.15, -0.1) is 3.97 Å². The number of nitrogens with zero attached hydrogens (tertiary/aromatic N) is 4. The van der Waals surface area contributed by atoms with E-state index in [1.165, 1.54) is 22.6 Å². The molecular formula is C10H13F3N4O5S2. The predicted molar refractivity (Wildman–Crippen MR) is 72.8 cm³/mol. The second-order valence-electron chi connectivity index (χ2n) is 4.43. The molecule has 2 aromatic heterocycles. The summed E-state index contributed by atoms with van der Waals surface area (Å²) in [7, 11) is -7.88. The van der Waals surface area contributed by atoms with Gasteiger partial charge in [0.15, 0.2) is 10.1 Å². The highest BCUT2D eigenvalue weighted by Gasteiger charge is 2.36. The van der Waals surface area contributed by atoms with Gasteiger partial charge in [-0.05, 0) is 6.92 Å². The quantitative estimate of drug-likeness (QED) is 0.399. The van der Waals surface area contributed by atoms with Crippen LogP contribution in [0, 0.1) is 13.8 Å². The zero-order chi connectivity index (χ0) is 18.9. The summed E-state index contributed by atoms with van der Waals surface area (Å²) in [6, 6.07) is 0. The number of imidazole rings is 2. The van der Waals surface area contributed by atoms with Gasteiger partial charge >= 0.3 is 15.7 Å². The molecule has 2 heterocycles. The van der Waals surface area contributed by atoms with Crippen molar-refractivity contribution in [2.75, 3.05) is 0 Å². The third-order valence-corrected chi connectivity index (χ3v) is 5.15. The van der Waals surface area contributed by atoms with Gasteiger partial charge in [-0.3, -0.25) is 0 Å². The molecule has 0 aliphatic heterocycles. The van der Waals surface area contributed by atoms with Crippen LogP contribution in [0.5, 0.6) is 0 Å². The molecule has 0 N–H and O–H groups in total. The fourth-order valence-corrected chi connectivity index (χ4v) is 2.93. The molecule has 0 saturated heterocycles. The van der Waals surface area contributed by atoms with Crippen molar-refractivity contribution < 1.29 is 39.1 Å². The minimum Gasteiger partial charge on any atom is -0.741 e. The highest BCUT2D eigenvalue weighted by atomic mass is 32.2. The summed E-state index contributed by atoms with van der Waals surface area (Å²) in [4.78, 5) is 3.91. The largest absolute Gasteiger partial charge is 0.741 e. The number of aryl methyl sites for hydroxylation is 2. The third kappa shape index (κ3) is 4.12. The maximum absolute atomic E-state index is 12.2. The van der Waals surface area contributed by atoms with E-state index in [-0.39, 0.29) is 0 Å². The van der Waals surface area contributed by atoms with Crippen LogP contribution in [-0.2, 0) is 27.4 Å². The van der Waals surface area contributed by atoms with Gasteiger partial charge in [-0.2, -0.15) is 25.6 Å². The van der Waals surface area contributed by atoms with Crippen molar-refractivity contribution in [2.24, 2.45) is 7.05 Å². The lowest BCUT2D eigenvalue weighted by atomic mass is 10.7. The first kappa shape index (κ1) is 20.1. The first-order valence-corrected chi connectivity index (χ1v) is 8.82. The fraction of sp³-hybridized carbons (Fsp3) is 0.400. The van der Waals surface area contributed by atoms with E-state index in [0.29, 0.717) is 11.6 Å². The van der Waals surface area contributed by atoms with Gasteiger partial charge in [-0.25, -0.2) is 18.0 Å². The highest BCUT2D eigenvalue weighted by Crippen LogP contribution is 2.20. The minimum atomic E-state index is -6.09. The minimum absolute atomic E-state index is 0.441. The predicted octanol–water partition coefficient (Wildman–Crippen LogP) is -0.181. The lowest BCUT2D eigenvalue weighted by Gasteiger charge is -2.08. The first-order chi connectivity index (χ1) is 10.7. The van der Waals surface area contributed by atoms with Crippen LogP contribution in [0.4, 0.5) is 13.2 Å². The van der Waals surface area contributed by atoms with Crippen LogP contribution in [0.15, 0.2) is 24.8 Å². The summed E-state index contributed by atoms with van der Waals surface area (Å²) >= 11 is 0. The zero-order valence-corrected chi connectivity index (χ0v) is 14.2. The summed E-state index contributed by atoms with van der Waals surface area (Å²) in [5.74, 6) is 1.07. The summed E-state index contributed by atoms with van der Waals surface area (Å²) < 4.78 is 87.5. The Balaban J connectivity index is 0.000000307. The lowest BCUT2D eigenvalue weighted by molar-refractivity contribution is -0.676. The molecule has 14 heteroatoms. The molecule has 0 bridgehead atoms. The molecule has 2 rings (SSSR count). The molecule has 0 amide bonds. The SMILES string of the molecule is Cc1nccn1S(=O)(=O)n1cc[n+](C)c1C.O=S(=O)([O-])C(F)(F)F. The van der Waals surface area contributed by atoms with E-state index in [4.69, 9.17) is 13.0 Å². The highest BCUT2D eigenvalue weighted by molar-refractivity contribution is 7.88. The van der Waals surface area contributed by atoms with Gasteiger partial charge in [0, 0.05) is 19.3 Å². The molecule has 136 valence electrons. The number of hydrogen-bond acceptors (Lipinski definition) is 6. The Labute approximate surface area is 135 Å². The molecular weight excluding hydrogens is 377 g/mol. The van der Waals surface area contributed by atoms with E-state index in [0.717, 1.165) is 3.97 Å². The number of hydrogen-bond donors (Lipinski definition) is 0. The molecule has 0 spiro atoms. The molecule has 0 atom stereocenters. The van der Waals surface area contributed by atoms with E-state index >= 15 is 0 Å². The van der Waals surface area contributed by atoms with Crippen LogP contribution in [0.25, 0.3) is 0 Å². The van der Waals surface area contributed by atoms with E-state index in [1.54, 1.807) is 31.7 Å². The monoisotopic (exact) mass is 390 g/mol. The van der Waals surface area contributed by atoms with Gasteiger partial charge < -0.3 is 4.55 Å². The van der Waals surface area contributed by atoms with Crippen LogP contribution in [0.3, 0.4) is 0 Å².